The van der Waals surface area contributed by atoms with Crippen molar-refractivity contribution in [2.75, 3.05) is 6.61 Å². The second-order valence-electron chi connectivity index (χ2n) is 6.73. The molecule has 0 bridgehead atoms. The quantitative estimate of drug-likeness (QED) is 0.870. The molecule has 0 saturated carbocycles. The van der Waals surface area contributed by atoms with Crippen molar-refractivity contribution >= 4 is 11.8 Å². The van der Waals surface area contributed by atoms with E-state index < -0.39 is 0 Å². The average Bonchev–Trinajstić information content (AvgIpc) is 3.36. The highest BCUT2D eigenvalue weighted by Crippen LogP contribution is 2.23. The number of para-hydroxylation sites is 1. The van der Waals surface area contributed by atoms with E-state index >= 15 is 0 Å². The van der Waals surface area contributed by atoms with Crippen LogP contribution in [0.2, 0.25) is 0 Å². The van der Waals surface area contributed by atoms with Gasteiger partial charge < -0.3 is 15.4 Å². The summed E-state index contributed by atoms with van der Waals surface area (Å²) in [5.74, 6) is -0.180. The highest BCUT2D eigenvalue weighted by atomic mass is 16.5. The molecule has 2 aromatic rings. The predicted molar refractivity (Wildman–Crippen MR) is 95.0 cm³/mol. The molecule has 7 nitrogen and oxygen atoms in total. The van der Waals surface area contributed by atoms with E-state index in [4.69, 9.17) is 4.74 Å². The molecule has 3 heterocycles. The molecule has 136 valence electrons. The highest BCUT2D eigenvalue weighted by molar-refractivity contribution is 5.93. The topological polar surface area (TPSA) is 85.2 Å². The number of piperidine rings is 1. The zero-order valence-electron chi connectivity index (χ0n) is 14.4. The first-order valence-electron chi connectivity index (χ1n) is 9.03. The van der Waals surface area contributed by atoms with E-state index in [1.807, 2.05) is 30.3 Å². The molecule has 3 unspecified atom stereocenters. The van der Waals surface area contributed by atoms with E-state index in [1.54, 1.807) is 16.9 Å². The summed E-state index contributed by atoms with van der Waals surface area (Å²) in [6, 6.07) is 10.9. The van der Waals surface area contributed by atoms with Gasteiger partial charge in [0.05, 0.1) is 30.1 Å². The van der Waals surface area contributed by atoms with Crippen molar-refractivity contribution in [1.29, 1.82) is 0 Å². The van der Waals surface area contributed by atoms with E-state index in [2.05, 4.69) is 15.7 Å². The first kappa shape index (κ1) is 16.8. The van der Waals surface area contributed by atoms with E-state index in [1.165, 1.54) is 0 Å². The van der Waals surface area contributed by atoms with Crippen molar-refractivity contribution in [3.8, 4) is 5.69 Å². The largest absolute Gasteiger partial charge is 0.376 e. The number of hydrogen-bond acceptors (Lipinski definition) is 4. The molecule has 1 aromatic heterocycles. The smallest absolute Gasteiger partial charge is 0.270 e. The average molecular weight is 354 g/mol. The number of nitrogens with one attached hydrogen (secondary N) is 2. The molecule has 2 amide bonds. The van der Waals surface area contributed by atoms with Gasteiger partial charge in [0.25, 0.3) is 5.91 Å². The Kier molecular flexibility index (Phi) is 4.71. The Morgan fingerprint density at radius 1 is 1.23 bits per heavy atom. The van der Waals surface area contributed by atoms with Crippen LogP contribution >= 0.6 is 0 Å². The summed E-state index contributed by atoms with van der Waals surface area (Å²) in [7, 11) is 0. The molecule has 3 atom stereocenters. The molecular weight excluding hydrogens is 332 g/mol. The van der Waals surface area contributed by atoms with Gasteiger partial charge in [-0.2, -0.15) is 5.10 Å². The minimum absolute atomic E-state index is 0.0188. The molecule has 2 fully saturated rings. The van der Waals surface area contributed by atoms with Crippen LogP contribution in [0.25, 0.3) is 5.69 Å². The molecule has 2 aliphatic heterocycles. The number of benzene rings is 1. The molecule has 1 aromatic carbocycles. The van der Waals surface area contributed by atoms with Gasteiger partial charge in [0, 0.05) is 13.0 Å². The van der Waals surface area contributed by atoms with Crippen LogP contribution in [-0.2, 0) is 9.53 Å². The molecule has 26 heavy (non-hydrogen) atoms. The van der Waals surface area contributed by atoms with Crippen LogP contribution in [0.1, 0.15) is 36.2 Å². The second-order valence-corrected chi connectivity index (χ2v) is 6.73. The van der Waals surface area contributed by atoms with Gasteiger partial charge in [-0.15, -0.1) is 0 Å². The third-order valence-electron chi connectivity index (χ3n) is 5.00. The third kappa shape index (κ3) is 3.35. The summed E-state index contributed by atoms with van der Waals surface area (Å²) in [4.78, 5) is 24.7. The van der Waals surface area contributed by atoms with Crippen molar-refractivity contribution in [3.63, 3.8) is 0 Å². The summed E-state index contributed by atoms with van der Waals surface area (Å²) in [5, 5.41) is 10.4. The zero-order chi connectivity index (χ0) is 17.9. The van der Waals surface area contributed by atoms with Gasteiger partial charge in [-0.05, 0) is 37.5 Å². The molecule has 7 heteroatoms. The maximum absolute atomic E-state index is 12.9. The lowest BCUT2D eigenvalue weighted by Gasteiger charge is -2.36. The van der Waals surface area contributed by atoms with Crippen molar-refractivity contribution < 1.29 is 14.3 Å². The van der Waals surface area contributed by atoms with Gasteiger partial charge in [0.2, 0.25) is 5.91 Å². The standard InChI is InChI=1S/C19H22N4O3/c24-17-9-8-14(18(22-17)16-7-4-12-26-16)21-19(25)15-10-11-20-23(15)13-5-2-1-3-6-13/h1-3,5-6,10-11,14,16,18H,4,7-9,12H2,(H,21,25)(H,22,24). The Morgan fingerprint density at radius 2 is 2.08 bits per heavy atom. The normalized spacial score (nSPS) is 25.7. The van der Waals surface area contributed by atoms with Crippen LogP contribution in [0.15, 0.2) is 42.6 Å². The minimum Gasteiger partial charge on any atom is -0.376 e. The van der Waals surface area contributed by atoms with Crippen LogP contribution in [0, 0.1) is 0 Å². The molecule has 2 N–H and O–H groups in total. The van der Waals surface area contributed by atoms with Gasteiger partial charge in [-0.3, -0.25) is 9.59 Å². The Bertz CT molecular complexity index is 783. The van der Waals surface area contributed by atoms with E-state index in [9.17, 15) is 9.59 Å². The monoisotopic (exact) mass is 354 g/mol. The Balaban J connectivity index is 1.52. The number of aromatic nitrogens is 2. The number of carbonyl (C=O) groups is 2. The SMILES string of the molecule is O=C1CCC(NC(=O)c2ccnn2-c2ccccc2)C(C2CCCO2)N1. The van der Waals surface area contributed by atoms with Crippen LogP contribution in [0.5, 0.6) is 0 Å². The van der Waals surface area contributed by atoms with Crippen LogP contribution in [0.4, 0.5) is 0 Å². The Labute approximate surface area is 151 Å². The molecule has 2 aliphatic rings. The third-order valence-corrected chi connectivity index (χ3v) is 5.00. The first-order chi connectivity index (χ1) is 12.7. The van der Waals surface area contributed by atoms with E-state index in [-0.39, 0.29) is 30.0 Å². The number of nitrogens with zero attached hydrogens (tertiary/aromatic N) is 2. The lowest BCUT2D eigenvalue weighted by atomic mass is 9.92. The number of amides is 2. The summed E-state index contributed by atoms with van der Waals surface area (Å²) in [6.45, 7) is 0.707. The van der Waals surface area contributed by atoms with Gasteiger partial charge >= 0.3 is 0 Å². The summed E-state index contributed by atoms with van der Waals surface area (Å²) in [6.07, 6.45) is 4.48. The van der Waals surface area contributed by atoms with E-state index in [0.29, 0.717) is 25.1 Å². The fraction of sp³-hybridized carbons (Fsp3) is 0.421. The predicted octanol–water partition coefficient (Wildman–Crippen LogP) is 1.43. The zero-order valence-corrected chi connectivity index (χ0v) is 14.4. The number of hydrogen-bond donors (Lipinski definition) is 2. The van der Waals surface area contributed by atoms with Crippen molar-refractivity contribution in [3.05, 3.63) is 48.3 Å². The summed E-state index contributed by atoms with van der Waals surface area (Å²) in [5.41, 5.74) is 1.30. The Morgan fingerprint density at radius 3 is 2.85 bits per heavy atom. The van der Waals surface area contributed by atoms with Crippen LogP contribution in [0.3, 0.4) is 0 Å². The van der Waals surface area contributed by atoms with Crippen LogP contribution in [-0.4, -0.2) is 46.4 Å². The minimum atomic E-state index is -0.199. The van der Waals surface area contributed by atoms with Gasteiger partial charge in [-0.1, -0.05) is 18.2 Å². The van der Waals surface area contributed by atoms with Crippen molar-refractivity contribution in [2.45, 2.75) is 43.9 Å². The van der Waals surface area contributed by atoms with E-state index in [0.717, 1.165) is 18.5 Å². The summed E-state index contributed by atoms with van der Waals surface area (Å²) >= 11 is 0. The fourth-order valence-corrected chi connectivity index (χ4v) is 3.72. The fourth-order valence-electron chi connectivity index (χ4n) is 3.72. The first-order valence-corrected chi connectivity index (χ1v) is 9.03. The lowest BCUT2D eigenvalue weighted by Crippen LogP contribution is -2.60. The number of rotatable bonds is 4. The van der Waals surface area contributed by atoms with Crippen LogP contribution < -0.4 is 10.6 Å². The summed E-state index contributed by atoms with van der Waals surface area (Å²) < 4.78 is 7.38. The lowest BCUT2D eigenvalue weighted by molar-refractivity contribution is -0.125. The second kappa shape index (κ2) is 7.29. The molecule has 0 spiro atoms. The molecule has 0 aliphatic carbocycles. The Hall–Kier alpha value is -2.67. The highest BCUT2D eigenvalue weighted by Gasteiger charge is 2.38. The molecule has 0 radical (unpaired) electrons. The van der Waals surface area contributed by atoms with Gasteiger partial charge in [-0.25, -0.2) is 4.68 Å². The molecule has 2 saturated heterocycles. The maximum atomic E-state index is 12.9. The molecular formula is C19H22N4O3. The van der Waals surface area contributed by atoms with Crippen molar-refractivity contribution in [2.24, 2.45) is 0 Å². The number of ether oxygens (including phenoxy) is 1. The van der Waals surface area contributed by atoms with Gasteiger partial charge in [0.1, 0.15) is 5.69 Å². The maximum Gasteiger partial charge on any atom is 0.270 e. The number of carbonyl (C=O) groups excluding carboxylic acids is 2. The van der Waals surface area contributed by atoms with Gasteiger partial charge in [0.15, 0.2) is 0 Å². The molecule has 4 rings (SSSR count). The van der Waals surface area contributed by atoms with Crippen molar-refractivity contribution in [1.82, 2.24) is 20.4 Å².